The number of rotatable bonds is 3. The molecule has 4 heteroatoms. The van der Waals surface area contributed by atoms with Crippen molar-refractivity contribution in [3.05, 3.63) is 35.4 Å². The van der Waals surface area contributed by atoms with Crippen LogP contribution in [0, 0.1) is 12.3 Å². The summed E-state index contributed by atoms with van der Waals surface area (Å²) in [5, 5.41) is 0. The molecule has 1 aromatic rings. The summed E-state index contributed by atoms with van der Waals surface area (Å²) in [4.78, 5) is 19.8. The third kappa shape index (κ3) is 3.35. The molecule has 1 aromatic carbocycles. The second-order valence-electron chi connectivity index (χ2n) is 8.04. The summed E-state index contributed by atoms with van der Waals surface area (Å²) < 4.78 is 0. The maximum absolute atomic E-state index is 13.2. The van der Waals surface area contributed by atoms with Gasteiger partial charge >= 0.3 is 0 Å². The topological polar surface area (TPSA) is 26.8 Å². The first kappa shape index (κ1) is 17.4. The van der Waals surface area contributed by atoms with Gasteiger partial charge in [-0.05, 0) is 70.4 Å². The van der Waals surface area contributed by atoms with Crippen LogP contribution >= 0.6 is 0 Å². The van der Waals surface area contributed by atoms with E-state index < -0.39 is 0 Å². The van der Waals surface area contributed by atoms with Gasteiger partial charge in [-0.25, -0.2) is 0 Å². The number of aryl methyl sites for hydroxylation is 1. The lowest BCUT2D eigenvalue weighted by atomic mass is 9.77. The van der Waals surface area contributed by atoms with E-state index in [4.69, 9.17) is 0 Å². The number of carbonyl (C=O) groups excluding carboxylic acids is 1. The van der Waals surface area contributed by atoms with E-state index >= 15 is 0 Å². The highest BCUT2D eigenvalue weighted by Crippen LogP contribution is 2.40. The van der Waals surface area contributed by atoms with Gasteiger partial charge in [-0.1, -0.05) is 24.3 Å². The normalized spacial score (nSPS) is 22.3. The van der Waals surface area contributed by atoms with Gasteiger partial charge < -0.3 is 9.80 Å². The van der Waals surface area contributed by atoms with Crippen LogP contribution in [0.1, 0.15) is 36.4 Å². The lowest BCUT2D eigenvalue weighted by Gasteiger charge is -2.41. The highest BCUT2D eigenvalue weighted by molar-refractivity contribution is 5.83. The molecule has 1 spiro atoms. The van der Waals surface area contributed by atoms with Gasteiger partial charge in [0.2, 0.25) is 5.91 Å². The molecule has 1 atom stereocenters. The van der Waals surface area contributed by atoms with E-state index in [0.29, 0.717) is 5.41 Å². The lowest BCUT2D eigenvalue weighted by Crippen LogP contribution is -2.47. The Bertz CT molecular complexity index is 590. The first-order valence-corrected chi connectivity index (χ1v) is 9.11. The molecule has 2 fully saturated rings. The van der Waals surface area contributed by atoms with Crippen molar-refractivity contribution in [1.29, 1.82) is 0 Å². The number of likely N-dealkylation sites (N-methyl/N-ethyl adjacent to an activating group) is 1. The molecule has 4 nitrogen and oxygen atoms in total. The van der Waals surface area contributed by atoms with Gasteiger partial charge in [0.05, 0.1) is 0 Å². The average molecular weight is 329 g/mol. The molecule has 0 unspecified atom stereocenters. The molecule has 132 valence electrons. The smallest absolute Gasteiger partial charge is 0.244 e. The van der Waals surface area contributed by atoms with Crippen molar-refractivity contribution in [3.8, 4) is 0 Å². The average Bonchev–Trinajstić information content (AvgIpc) is 2.90. The van der Waals surface area contributed by atoms with Gasteiger partial charge in [0.15, 0.2) is 0 Å². The summed E-state index contributed by atoms with van der Waals surface area (Å²) >= 11 is 0. The van der Waals surface area contributed by atoms with Crippen LogP contribution in [-0.2, 0) is 4.79 Å². The van der Waals surface area contributed by atoms with Gasteiger partial charge in [-0.15, -0.1) is 0 Å². The third-order valence-corrected chi connectivity index (χ3v) is 6.00. The van der Waals surface area contributed by atoms with Crippen LogP contribution in [0.3, 0.4) is 0 Å². The zero-order chi connectivity index (χ0) is 17.3. The SMILES string of the molecule is Cc1ccccc1[C@@H](C(=O)N1CCC2(CCN(C)C2)CC1)N(C)C. The van der Waals surface area contributed by atoms with E-state index in [1.54, 1.807) is 0 Å². The molecular formula is C20H31N3O. The highest BCUT2D eigenvalue weighted by Gasteiger charge is 2.41. The van der Waals surface area contributed by atoms with Crippen molar-refractivity contribution in [1.82, 2.24) is 14.7 Å². The third-order valence-electron chi connectivity index (χ3n) is 6.00. The van der Waals surface area contributed by atoms with E-state index in [9.17, 15) is 4.79 Å². The Morgan fingerprint density at radius 1 is 1.12 bits per heavy atom. The van der Waals surface area contributed by atoms with Crippen molar-refractivity contribution in [2.75, 3.05) is 47.3 Å². The number of likely N-dealkylation sites (tertiary alicyclic amines) is 2. The van der Waals surface area contributed by atoms with Gasteiger partial charge in [0.1, 0.15) is 6.04 Å². The molecule has 3 rings (SSSR count). The first-order chi connectivity index (χ1) is 11.4. The van der Waals surface area contributed by atoms with Gasteiger partial charge in [-0.2, -0.15) is 0 Å². The van der Waals surface area contributed by atoms with Crippen LogP contribution in [0.5, 0.6) is 0 Å². The van der Waals surface area contributed by atoms with Crippen molar-refractivity contribution in [3.63, 3.8) is 0 Å². The Hall–Kier alpha value is -1.39. The number of hydrogen-bond acceptors (Lipinski definition) is 3. The van der Waals surface area contributed by atoms with E-state index in [1.165, 1.54) is 25.1 Å². The Kier molecular flexibility index (Phi) is 4.97. The molecule has 2 saturated heterocycles. The van der Waals surface area contributed by atoms with Crippen molar-refractivity contribution in [2.24, 2.45) is 5.41 Å². The number of benzene rings is 1. The zero-order valence-electron chi connectivity index (χ0n) is 15.6. The monoisotopic (exact) mass is 329 g/mol. The molecule has 0 saturated carbocycles. The summed E-state index contributed by atoms with van der Waals surface area (Å²) in [6.07, 6.45) is 3.59. The molecule has 24 heavy (non-hydrogen) atoms. The summed E-state index contributed by atoms with van der Waals surface area (Å²) in [6, 6.07) is 8.09. The molecule has 2 aliphatic heterocycles. The summed E-state index contributed by atoms with van der Waals surface area (Å²) in [5.74, 6) is 0.260. The Labute approximate surface area is 146 Å². The van der Waals surface area contributed by atoms with Crippen molar-refractivity contribution < 1.29 is 4.79 Å². The second-order valence-corrected chi connectivity index (χ2v) is 8.04. The number of amides is 1. The minimum atomic E-state index is -0.175. The summed E-state index contributed by atoms with van der Waals surface area (Å²) in [6.45, 7) is 6.31. The maximum Gasteiger partial charge on any atom is 0.244 e. The van der Waals surface area contributed by atoms with Crippen LogP contribution in [0.25, 0.3) is 0 Å². The van der Waals surface area contributed by atoms with Gasteiger partial charge in [0.25, 0.3) is 0 Å². The van der Waals surface area contributed by atoms with Crippen molar-refractivity contribution >= 4 is 5.91 Å². The molecule has 0 bridgehead atoms. The molecule has 2 aliphatic rings. The summed E-state index contributed by atoms with van der Waals surface area (Å²) in [7, 11) is 6.23. The molecule has 1 amide bonds. The fourth-order valence-corrected chi connectivity index (χ4v) is 4.47. The van der Waals surface area contributed by atoms with Crippen LogP contribution in [0.2, 0.25) is 0 Å². The standard InChI is InChI=1S/C20H31N3O/c1-16-7-5-6-8-17(16)18(21(2)3)19(24)23-13-10-20(11-14-23)9-12-22(4)15-20/h5-8,18H,9-15H2,1-4H3/t18-/m0/s1. The largest absolute Gasteiger partial charge is 0.341 e. The van der Waals surface area contributed by atoms with Crippen LogP contribution < -0.4 is 0 Å². The molecule has 2 heterocycles. The fraction of sp³-hybridized carbons (Fsp3) is 0.650. The molecular weight excluding hydrogens is 298 g/mol. The van der Waals surface area contributed by atoms with Crippen LogP contribution in [0.15, 0.2) is 24.3 Å². The van der Waals surface area contributed by atoms with Crippen LogP contribution in [-0.4, -0.2) is 67.9 Å². The lowest BCUT2D eigenvalue weighted by molar-refractivity contribution is -0.138. The molecule has 0 N–H and O–H groups in total. The molecule has 0 radical (unpaired) electrons. The maximum atomic E-state index is 13.2. The number of nitrogens with zero attached hydrogens (tertiary/aromatic N) is 3. The number of piperidine rings is 1. The van der Waals surface area contributed by atoms with E-state index in [2.05, 4.69) is 40.8 Å². The van der Waals surface area contributed by atoms with E-state index in [-0.39, 0.29) is 11.9 Å². The molecule has 0 aliphatic carbocycles. The quantitative estimate of drug-likeness (QED) is 0.853. The van der Waals surface area contributed by atoms with Crippen LogP contribution in [0.4, 0.5) is 0 Å². The number of hydrogen-bond donors (Lipinski definition) is 0. The van der Waals surface area contributed by atoms with Crippen molar-refractivity contribution in [2.45, 2.75) is 32.2 Å². The first-order valence-electron chi connectivity index (χ1n) is 9.11. The Morgan fingerprint density at radius 2 is 1.75 bits per heavy atom. The summed E-state index contributed by atoms with van der Waals surface area (Å²) in [5.41, 5.74) is 2.78. The van der Waals surface area contributed by atoms with Gasteiger partial charge in [0, 0.05) is 19.6 Å². The van der Waals surface area contributed by atoms with E-state index in [0.717, 1.165) is 31.5 Å². The Balaban J connectivity index is 1.72. The minimum Gasteiger partial charge on any atom is -0.341 e. The highest BCUT2D eigenvalue weighted by atomic mass is 16.2. The molecule has 0 aromatic heterocycles. The second kappa shape index (κ2) is 6.85. The predicted molar refractivity (Wildman–Crippen MR) is 98.0 cm³/mol. The van der Waals surface area contributed by atoms with Gasteiger partial charge in [-0.3, -0.25) is 9.69 Å². The van der Waals surface area contributed by atoms with E-state index in [1.807, 2.05) is 26.2 Å². The predicted octanol–water partition coefficient (Wildman–Crippen LogP) is 2.54. The zero-order valence-corrected chi connectivity index (χ0v) is 15.6. The number of carbonyl (C=O) groups is 1. The minimum absolute atomic E-state index is 0.175. The fourth-order valence-electron chi connectivity index (χ4n) is 4.47. The Morgan fingerprint density at radius 3 is 2.29 bits per heavy atom.